The number of nitrogens with zero attached hydrogens (tertiary/aromatic N) is 4. The van der Waals surface area contributed by atoms with Crippen LogP contribution in [0.2, 0.25) is 0 Å². The zero-order valence-electron chi connectivity index (χ0n) is 12.1. The molecule has 0 unspecified atom stereocenters. The van der Waals surface area contributed by atoms with Gasteiger partial charge >= 0.3 is 0 Å². The Hall–Kier alpha value is -2.89. The van der Waals surface area contributed by atoms with Crippen LogP contribution in [0.3, 0.4) is 0 Å². The van der Waals surface area contributed by atoms with Crippen LogP contribution in [-0.2, 0) is 6.54 Å². The molecule has 0 aliphatic rings. The number of benzene rings is 2. The van der Waals surface area contributed by atoms with Gasteiger partial charge in [0.1, 0.15) is 5.75 Å². The zero-order valence-corrected chi connectivity index (χ0v) is 12.1. The summed E-state index contributed by atoms with van der Waals surface area (Å²) in [6.45, 7) is 1.27. The fourth-order valence-electron chi connectivity index (χ4n) is 2.16. The van der Waals surface area contributed by atoms with Crippen LogP contribution >= 0.6 is 0 Å². The molecule has 0 atom stereocenters. The molecule has 0 saturated carbocycles. The van der Waals surface area contributed by atoms with E-state index in [2.05, 4.69) is 15.5 Å². The maximum atomic E-state index is 5.71. The first kappa shape index (κ1) is 14.1. The first-order chi connectivity index (χ1) is 10.8. The van der Waals surface area contributed by atoms with Crippen LogP contribution in [0.1, 0.15) is 6.42 Å². The topological polar surface area (TPSA) is 78.9 Å². The Labute approximate surface area is 128 Å². The van der Waals surface area contributed by atoms with Gasteiger partial charge in [-0.15, -0.1) is 5.10 Å². The number of ether oxygens (including phenoxy) is 1. The number of hydrogen-bond donors (Lipinski definition) is 1. The fraction of sp³-hybridized carbons (Fsp3) is 0.188. The maximum Gasteiger partial charge on any atom is 0.182 e. The highest BCUT2D eigenvalue weighted by atomic mass is 16.5. The number of aryl methyl sites for hydroxylation is 1. The van der Waals surface area contributed by atoms with Crippen molar-refractivity contribution >= 4 is 5.69 Å². The summed E-state index contributed by atoms with van der Waals surface area (Å²) >= 11 is 0. The number of aromatic nitrogens is 4. The van der Waals surface area contributed by atoms with E-state index in [4.69, 9.17) is 10.5 Å². The van der Waals surface area contributed by atoms with Crippen LogP contribution in [0.25, 0.3) is 11.4 Å². The van der Waals surface area contributed by atoms with Gasteiger partial charge in [-0.25, -0.2) is 4.68 Å². The quantitative estimate of drug-likeness (QED) is 0.558. The largest absolute Gasteiger partial charge is 0.493 e. The Morgan fingerprint density at radius 1 is 1.05 bits per heavy atom. The van der Waals surface area contributed by atoms with Crippen molar-refractivity contribution in [3.63, 3.8) is 0 Å². The van der Waals surface area contributed by atoms with Crippen molar-refractivity contribution in [3.05, 3.63) is 54.6 Å². The molecule has 0 amide bonds. The van der Waals surface area contributed by atoms with Crippen LogP contribution in [-0.4, -0.2) is 26.8 Å². The van der Waals surface area contributed by atoms with E-state index in [-0.39, 0.29) is 0 Å². The predicted octanol–water partition coefficient (Wildman–Crippen LogP) is 2.39. The molecular formula is C16H17N5O. The number of rotatable bonds is 6. The summed E-state index contributed by atoms with van der Waals surface area (Å²) in [7, 11) is 0. The molecule has 0 radical (unpaired) electrons. The summed E-state index contributed by atoms with van der Waals surface area (Å²) in [5, 5.41) is 11.9. The summed E-state index contributed by atoms with van der Waals surface area (Å²) in [6, 6.07) is 17.3. The average Bonchev–Trinajstić information content (AvgIpc) is 3.01. The maximum absolute atomic E-state index is 5.71. The third-order valence-corrected chi connectivity index (χ3v) is 3.20. The number of nitrogens with two attached hydrogens (primary N) is 1. The molecule has 3 rings (SSSR count). The summed E-state index contributed by atoms with van der Waals surface area (Å²) in [6.07, 6.45) is 0.805. The summed E-state index contributed by atoms with van der Waals surface area (Å²) in [4.78, 5) is 0. The first-order valence-electron chi connectivity index (χ1n) is 7.13. The van der Waals surface area contributed by atoms with E-state index in [9.17, 15) is 0 Å². The van der Waals surface area contributed by atoms with Crippen molar-refractivity contribution in [2.24, 2.45) is 0 Å². The standard InChI is InChI=1S/C16H17N5O/c17-14-8-4-9-15(12-14)22-11-5-10-21-16(18-19-20-21)13-6-2-1-3-7-13/h1-4,6-9,12H,5,10-11,17H2. The van der Waals surface area contributed by atoms with Crippen molar-refractivity contribution in [1.29, 1.82) is 0 Å². The van der Waals surface area contributed by atoms with Gasteiger partial charge in [-0.1, -0.05) is 36.4 Å². The lowest BCUT2D eigenvalue weighted by atomic mass is 10.2. The molecule has 1 aromatic heterocycles. The van der Waals surface area contributed by atoms with Gasteiger partial charge in [-0.2, -0.15) is 0 Å². The summed E-state index contributed by atoms with van der Waals surface area (Å²) in [5.41, 5.74) is 7.42. The van der Waals surface area contributed by atoms with E-state index < -0.39 is 0 Å². The second kappa shape index (κ2) is 6.71. The molecule has 6 heteroatoms. The number of anilines is 1. The lowest BCUT2D eigenvalue weighted by Gasteiger charge is -2.07. The molecule has 6 nitrogen and oxygen atoms in total. The van der Waals surface area contributed by atoms with Crippen LogP contribution < -0.4 is 10.5 Å². The molecule has 0 spiro atoms. The molecule has 0 saturated heterocycles. The van der Waals surface area contributed by atoms with Crippen LogP contribution in [0.15, 0.2) is 54.6 Å². The van der Waals surface area contributed by atoms with Gasteiger partial charge in [0.15, 0.2) is 5.82 Å². The SMILES string of the molecule is Nc1cccc(OCCCn2nnnc2-c2ccccc2)c1. The third kappa shape index (κ3) is 3.41. The molecule has 0 bridgehead atoms. The van der Waals surface area contributed by atoms with Crippen LogP contribution in [0.4, 0.5) is 5.69 Å². The van der Waals surface area contributed by atoms with Gasteiger partial charge in [0.25, 0.3) is 0 Å². The summed E-state index contributed by atoms with van der Waals surface area (Å²) in [5.74, 6) is 1.55. The minimum absolute atomic E-state index is 0.581. The Bertz CT molecular complexity index is 726. The highest BCUT2D eigenvalue weighted by Crippen LogP contribution is 2.16. The molecule has 3 aromatic rings. The molecule has 0 aliphatic carbocycles. The van der Waals surface area contributed by atoms with E-state index in [1.54, 1.807) is 4.68 Å². The van der Waals surface area contributed by atoms with Crippen molar-refractivity contribution in [1.82, 2.24) is 20.2 Å². The van der Waals surface area contributed by atoms with Crippen LogP contribution in [0, 0.1) is 0 Å². The fourth-order valence-corrected chi connectivity index (χ4v) is 2.16. The zero-order chi connectivity index (χ0) is 15.2. The molecule has 2 N–H and O–H groups in total. The highest BCUT2D eigenvalue weighted by Gasteiger charge is 2.07. The molecule has 1 heterocycles. The Morgan fingerprint density at radius 2 is 1.91 bits per heavy atom. The van der Waals surface area contributed by atoms with Gasteiger partial charge < -0.3 is 10.5 Å². The van der Waals surface area contributed by atoms with Crippen molar-refractivity contribution < 1.29 is 4.74 Å². The normalized spacial score (nSPS) is 10.5. The summed E-state index contributed by atoms with van der Waals surface area (Å²) < 4.78 is 7.46. The lowest BCUT2D eigenvalue weighted by molar-refractivity contribution is 0.298. The van der Waals surface area contributed by atoms with Gasteiger partial charge in [-0.05, 0) is 22.6 Å². The monoisotopic (exact) mass is 295 g/mol. The van der Waals surface area contributed by atoms with E-state index in [1.807, 2.05) is 54.6 Å². The Morgan fingerprint density at radius 3 is 2.73 bits per heavy atom. The van der Waals surface area contributed by atoms with E-state index >= 15 is 0 Å². The Balaban J connectivity index is 1.56. The number of hydrogen-bond acceptors (Lipinski definition) is 5. The van der Waals surface area contributed by atoms with Crippen LogP contribution in [0.5, 0.6) is 5.75 Å². The van der Waals surface area contributed by atoms with Crippen molar-refractivity contribution in [2.45, 2.75) is 13.0 Å². The van der Waals surface area contributed by atoms with Gasteiger partial charge in [0.2, 0.25) is 0 Å². The molecule has 0 aliphatic heterocycles. The van der Waals surface area contributed by atoms with E-state index in [0.717, 1.165) is 23.6 Å². The molecule has 2 aromatic carbocycles. The molecule has 22 heavy (non-hydrogen) atoms. The second-order valence-corrected chi connectivity index (χ2v) is 4.87. The van der Waals surface area contributed by atoms with E-state index in [0.29, 0.717) is 18.8 Å². The minimum Gasteiger partial charge on any atom is -0.493 e. The highest BCUT2D eigenvalue weighted by molar-refractivity contribution is 5.53. The second-order valence-electron chi connectivity index (χ2n) is 4.87. The molecular weight excluding hydrogens is 278 g/mol. The molecule has 112 valence electrons. The van der Waals surface area contributed by atoms with Crippen molar-refractivity contribution in [3.8, 4) is 17.1 Å². The first-order valence-corrected chi connectivity index (χ1v) is 7.13. The van der Waals surface area contributed by atoms with Gasteiger partial charge in [0, 0.05) is 30.3 Å². The Kier molecular flexibility index (Phi) is 4.29. The minimum atomic E-state index is 0.581. The number of tetrazole rings is 1. The smallest absolute Gasteiger partial charge is 0.182 e. The lowest BCUT2D eigenvalue weighted by Crippen LogP contribution is -2.07. The predicted molar refractivity (Wildman–Crippen MR) is 84.2 cm³/mol. The number of nitrogen functional groups attached to an aromatic ring is 1. The third-order valence-electron chi connectivity index (χ3n) is 3.20. The van der Waals surface area contributed by atoms with Gasteiger partial charge in [0.05, 0.1) is 6.61 Å². The van der Waals surface area contributed by atoms with E-state index in [1.165, 1.54) is 0 Å². The van der Waals surface area contributed by atoms with Gasteiger partial charge in [-0.3, -0.25) is 0 Å². The molecule has 0 fully saturated rings. The van der Waals surface area contributed by atoms with Crippen molar-refractivity contribution in [2.75, 3.05) is 12.3 Å². The average molecular weight is 295 g/mol.